The molecule has 2 rings (SSSR count). The minimum Gasteiger partial charge on any atom is -0.495 e. The number of benzene rings is 2. The summed E-state index contributed by atoms with van der Waals surface area (Å²) in [6, 6.07) is 10.3. The summed E-state index contributed by atoms with van der Waals surface area (Å²) in [5, 5.41) is 7.09. The Morgan fingerprint density at radius 1 is 0.829 bits per heavy atom. The Labute approximate surface area is 201 Å². The predicted molar refractivity (Wildman–Crippen MR) is 124 cm³/mol. The molecule has 0 bridgehead atoms. The molecule has 2 aromatic carbocycles. The fraction of sp³-hybridized carbons (Fsp3) is 0.304. The van der Waals surface area contributed by atoms with Crippen LogP contribution in [0.2, 0.25) is 0 Å². The Balaban J connectivity index is 1.88. The van der Waals surface area contributed by atoms with Crippen molar-refractivity contribution in [1.29, 1.82) is 0 Å². The second kappa shape index (κ2) is 14.1. The normalized spacial score (nSPS) is 10.0. The average Bonchev–Trinajstić information content (AvgIpc) is 2.86. The van der Waals surface area contributed by atoms with E-state index in [9.17, 15) is 19.2 Å². The number of anilines is 1. The molecule has 0 aliphatic carbocycles. The van der Waals surface area contributed by atoms with Crippen LogP contribution in [0.15, 0.2) is 42.5 Å². The van der Waals surface area contributed by atoms with Gasteiger partial charge in [-0.2, -0.15) is 0 Å². The molecule has 12 heteroatoms. The van der Waals surface area contributed by atoms with Gasteiger partial charge in [-0.25, -0.2) is 9.59 Å². The highest BCUT2D eigenvalue weighted by Gasteiger charge is 2.16. The number of nitrogens with one attached hydrogen (secondary N) is 3. The SMILES string of the molecule is COCCNC(=O)NC(=O)COC(=O)c1ccc(OCC(=O)Nc2ccccc2OC)c(OC)c1. The number of hydrogen-bond acceptors (Lipinski definition) is 9. The highest BCUT2D eigenvalue weighted by atomic mass is 16.5. The van der Waals surface area contributed by atoms with Crippen LogP contribution in [0.3, 0.4) is 0 Å². The van der Waals surface area contributed by atoms with Crippen LogP contribution >= 0.6 is 0 Å². The first kappa shape index (κ1) is 26.9. The molecule has 0 saturated heterocycles. The molecular formula is C23H27N3O9. The van der Waals surface area contributed by atoms with Crippen LogP contribution in [0, 0.1) is 0 Å². The summed E-state index contributed by atoms with van der Waals surface area (Å²) in [5.74, 6) is -1.17. The van der Waals surface area contributed by atoms with Crippen molar-refractivity contribution in [3.63, 3.8) is 0 Å². The molecular weight excluding hydrogens is 462 g/mol. The molecule has 0 unspecified atom stereocenters. The summed E-state index contributed by atoms with van der Waals surface area (Å²) >= 11 is 0. The quantitative estimate of drug-likeness (QED) is 0.296. The molecule has 0 aromatic heterocycles. The topological polar surface area (TPSA) is 151 Å². The fourth-order valence-electron chi connectivity index (χ4n) is 2.68. The Morgan fingerprint density at radius 3 is 2.29 bits per heavy atom. The van der Waals surface area contributed by atoms with Crippen molar-refractivity contribution in [2.24, 2.45) is 0 Å². The molecule has 12 nitrogen and oxygen atoms in total. The van der Waals surface area contributed by atoms with Gasteiger partial charge in [0.25, 0.3) is 11.8 Å². The molecule has 4 amide bonds. The van der Waals surface area contributed by atoms with Crippen LogP contribution in [0.4, 0.5) is 10.5 Å². The first-order valence-electron chi connectivity index (χ1n) is 10.3. The molecule has 2 aromatic rings. The van der Waals surface area contributed by atoms with Crippen LogP contribution in [0.5, 0.6) is 17.2 Å². The van der Waals surface area contributed by atoms with E-state index in [1.54, 1.807) is 24.3 Å². The third-order valence-electron chi connectivity index (χ3n) is 4.32. The minimum absolute atomic E-state index is 0.0741. The van der Waals surface area contributed by atoms with Gasteiger partial charge >= 0.3 is 12.0 Å². The molecule has 0 aliphatic rings. The third kappa shape index (κ3) is 8.85. The molecule has 0 heterocycles. The number of imide groups is 1. The summed E-state index contributed by atoms with van der Waals surface area (Å²) in [5.41, 5.74) is 0.565. The highest BCUT2D eigenvalue weighted by Crippen LogP contribution is 2.28. The summed E-state index contributed by atoms with van der Waals surface area (Å²) in [7, 11) is 4.33. The van der Waals surface area contributed by atoms with E-state index in [4.69, 9.17) is 23.7 Å². The lowest BCUT2D eigenvalue weighted by Crippen LogP contribution is -2.42. The van der Waals surface area contributed by atoms with Crippen molar-refractivity contribution in [2.45, 2.75) is 0 Å². The molecule has 0 atom stereocenters. The third-order valence-corrected chi connectivity index (χ3v) is 4.32. The van der Waals surface area contributed by atoms with E-state index >= 15 is 0 Å². The van der Waals surface area contributed by atoms with Crippen LogP contribution < -0.4 is 30.2 Å². The zero-order valence-electron chi connectivity index (χ0n) is 19.5. The van der Waals surface area contributed by atoms with Gasteiger partial charge in [-0.15, -0.1) is 0 Å². The summed E-state index contributed by atoms with van der Waals surface area (Å²) in [4.78, 5) is 47.8. The maximum absolute atomic E-state index is 12.3. The Morgan fingerprint density at radius 2 is 1.57 bits per heavy atom. The molecule has 35 heavy (non-hydrogen) atoms. The minimum atomic E-state index is -0.821. The molecule has 0 saturated carbocycles. The first-order valence-corrected chi connectivity index (χ1v) is 10.3. The van der Waals surface area contributed by atoms with Crippen molar-refractivity contribution in [1.82, 2.24) is 10.6 Å². The summed E-state index contributed by atoms with van der Waals surface area (Å²) in [6.07, 6.45) is 0. The van der Waals surface area contributed by atoms with Gasteiger partial charge in [0.05, 0.1) is 32.1 Å². The monoisotopic (exact) mass is 489 g/mol. The second-order valence-electron chi connectivity index (χ2n) is 6.78. The van der Waals surface area contributed by atoms with Crippen LogP contribution in [0.1, 0.15) is 10.4 Å². The lowest BCUT2D eigenvalue weighted by Gasteiger charge is -2.13. The molecule has 0 fully saturated rings. The van der Waals surface area contributed by atoms with Crippen LogP contribution in [0.25, 0.3) is 0 Å². The zero-order valence-corrected chi connectivity index (χ0v) is 19.5. The molecule has 3 N–H and O–H groups in total. The molecule has 0 aliphatic heterocycles. The van der Waals surface area contributed by atoms with Crippen molar-refractivity contribution in [3.05, 3.63) is 48.0 Å². The second-order valence-corrected chi connectivity index (χ2v) is 6.78. The number of amides is 4. The van der Waals surface area contributed by atoms with Gasteiger partial charge in [0.15, 0.2) is 24.7 Å². The van der Waals surface area contributed by atoms with Crippen LogP contribution in [-0.2, 0) is 19.1 Å². The number of carbonyl (C=O) groups excluding carboxylic acids is 4. The van der Waals surface area contributed by atoms with Crippen molar-refractivity contribution < 1.29 is 42.9 Å². The lowest BCUT2D eigenvalue weighted by molar-refractivity contribution is -0.123. The first-order chi connectivity index (χ1) is 16.9. The maximum atomic E-state index is 12.3. The smallest absolute Gasteiger partial charge is 0.338 e. The fourth-order valence-corrected chi connectivity index (χ4v) is 2.68. The number of ether oxygens (including phenoxy) is 5. The largest absolute Gasteiger partial charge is 0.495 e. The lowest BCUT2D eigenvalue weighted by atomic mass is 10.2. The number of esters is 1. The predicted octanol–water partition coefficient (Wildman–Crippen LogP) is 1.35. The Hall–Kier alpha value is -4.32. The van der Waals surface area contributed by atoms with Gasteiger partial charge in [0.2, 0.25) is 0 Å². The number of methoxy groups -OCH3 is 3. The van der Waals surface area contributed by atoms with Gasteiger partial charge in [0.1, 0.15) is 5.75 Å². The van der Waals surface area contributed by atoms with Gasteiger partial charge in [0, 0.05) is 13.7 Å². The molecule has 0 spiro atoms. The summed E-state index contributed by atoms with van der Waals surface area (Å²) < 4.78 is 25.6. The van der Waals surface area contributed by atoms with Gasteiger partial charge in [-0.3, -0.25) is 14.9 Å². The number of carbonyl (C=O) groups is 4. The number of para-hydroxylation sites is 2. The van der Waals surface area contributed by atoms with Crippen LogP contribution in [-0.4, -0.2) is 71.5 Å². The standard InChI is InChI=1S/C23H27N3O9/c1-31-11-10-24-23(30)26-21(28)14-35-22(29)15-8-9-18(19(12-15)33-3)34-13-20(27)25-16-6-4-5-7-17(16)32-2/h4-9,12H,10-11,13-14H2,1-3H3,(H,25,27)(H2,24,26,28,30). The Kier molecular flexibility index (Phi) is 10.8. The Bertz CT molecular complexity index is 1040. The van der Waals surface area contributed by atoms with Crippen molar-refractivity contribution in [3.8, 4) is 17.2 Å². The van der Waals surface area contributed by atoms with E-state index in [-0.39, 0.29) is 36.8 Å². The number of urea groups is 1. The maximum Gasteiger partial charge on any atom is 0.338 e. The van der Waals surface area contributed by atoms with E-state index in [2.05, 4.69) is 10.6 Å². The van der Waals surface area contributed by atoms with E-state index < -0.39 is 30.4 Å². The molecule has 0 radical (unpaired) electrons. The average molecular weight is 489 g/mol. The van der Waals surface area contributed by atoms with E-state index in [1.807, 2.05) is 5.32 Å². The van der Waals surface area contributed by atoms with E-state index in [0.717, 1.165) is 0 Å². The zero-order chi connectivity index (χ0) is 25.6. The van der Waals surface area contributed by atoms with E-state index in [0.29, 0.717) is 11.4 Å². The highest BCUT2D eigenvalue weighted by molar-refractivity contribution is 5.97. The van der Waals surface area contributed by atoms with E-state index in [1.165, 1.54) is 39.5 Å². The van der Waals surface area contributed by atoms with Crippen molar-refractivity contribution in [2.75, 3.05) is 53.0 Å². The van der Waals surface area contributed by atoms with Crippen molar-refractivity contribution >= 4 is 29.5 Å². The molecule has 188 valence electrons. The van der Waals surface area contributed by atoms with Gasteiger partial charge in [-0.1, -0.05) is 12.1 Å². The van der Waals surface area contributed by atoms with Gasteiger partial charge < -0.3 is 34.3 Å². The number of rotatable bonds is 12. The summed E-state index contributed by atoms with van der Waals surface area (Å²) in [6.45, 7) is -0.499. The van der Waals surface area contributed by atoms with Gasteiger partial charge in [-0.05, 0) is 30.3 Å². The number of hydrogen-bond donors (Lipinski definition) is 3.